The van der Waals surface area contributed by atoms with E-state index in [1.165, 1.54) is 31.2 Å². The molecule has 6 heteroatoms. The van der Waals surface area contributed by atoms with E-state index in [0.717, 1.165) is 11.8 Å². The van der Waals surface area contributed by atoms with Gasteiger partial charge in [-0.15, -0.1) is 11.8 Å². The molecule has 0 aromatic heterocycles. The van der Waals surface area contributed by atoms with Crippen molar-refractivity contribution in [1.29, 1.82) is 0 Å². The van der Waals surface area contributed by atoms with Crippen LogP contribution < -0.4 is 5.32 Å². The third-order valence-corrected chi connectivity index (χ3v) is 3.07. The second-order valence-corrected chi connectivity index (χ2v) is 4.68. The highest BCUT2D eigenvalue weighted by atomic mass is 32.2. The monoisotopic (exact) mass is 257 g/mol. The summed E-state index contributed by atoms with van der Waals surface area (Å²) in [6.07, 6.45) is 0. The van der Waals surface area contributed by atoms with Gasteiger partial charge in [-0.3, -0.25) is 9.59 Å². The first-order valence-corrected chi connectivity index (χ1v) is 5.93. The number of nitrogens with one attached hydrogen (secondary N) is 1. The highest BCUT2D eigenvalue weighted by Gasteiger charge is 2.13. The molecule has 0 unspecified atom stereocenters. The van der Waals surface area contributed by atoms with Crippen LogP contribution in [0.2, 0.25) is 0 Å². The molecule has 0 bridgehead atoms. The van der Waals surface area contributed by atoms with E-state index in [0.29, 0.717) is 5.69 Å². The number of benzene rings is 1. The van der Waals surface area contributed by atoms with E-state index in [4.69, 9.17) is 5.11 Å². The van der Waals surface area contributed by atoms with Crippen LogP contribution in [0.1, 0.15) is 6.92 Å². The molecule has 1 aromatic rings. The van der Waals surface area contributed by atoms with E-state index < -0.39 is 11.2 Å². The summed E-state index contributed by atoms with van der Waals surface area (Å²) < 4.78 is 12.6. The maximum atomic E-state index is 12.6. The van der Waals surface area contributed by atoms with Crippen molar-refractivity contribution in [2.75, 3.05) is 11.1 Å². The van der Waals surface area contributed by atoms with Crippen molar-refractivity contribution >= 4 is 29.3 Å². The van der Waals surface area contributed by atoms with Crippen molar-refractivity contribution in [2.24, 2.45) is 0 Å². The summed E-state index contributed by atoms with van der Waals surface area (Å²) in [7, 11) is 0. The van der Waals surface area contributed by atoms with Crippen molar-refractivity contribution < 1.29 is 19.1 Å². The molecule has 2 N–H and O–H groups in total. The minimum Gasteiger partial charge on any atom is -0.480 e. The predicted octanol–water partition coefficient (Wildman–Crippen LogP) is 1.97. The third-order valence-electron chi connectivity index (χ3n) is 1.94. The van der Waals surface area contributed by atoms with Crippen LogP contribution in [0, 0.1) is 5.82 Å². The Morgan fingerprint density at radius 1 is 1.41 bits per heavy atom. The first kappa shape index (κ1) is 13.5. The van der Waals surface area contributed by atoms with E-state index in [1.54, 1.807) is 0 Å². The van der Waals surface area contributed by atoms with Crippen LogP contribution in [0.3, 0.4) is 0 Å². The Morgan fingerprint density at radius 2 is 2.00 bits per heavy atom. The quantitative estimate of drug-likeness (QED) is 0.846. The number of carboxylic acid groups (broad SMARTS) is 1. The molecule has 1 aromatic carbocycles. The number of amides is 1. The highest BCUT2D eigenvalue weighted by Crippen LogP contribution is 2.12. The zero-order valence-electron chi connectivity index (χ0n) is 9.14. The topological polar surface area (TPSA) is 66.4 Å². The van der Waals surface area contributed by atoms with Gasteiger partial charge in [-0.2, -0.15) is 0 Å². The SMILES string of the molecule is C[C@@H](SCC(=O)Nc1ccc(F)cc1)C(=O)O. The minimum atomic E-state index is -0.954. The van der Waals surface area contributed by atoms with Gasteiger partial charge in [-0.05, 0) is 31.2 Å². The van der Waals surface area contributed by atoms with Crippen LogP contribution in [0.5, 0.6) is 0 Å². The number of hydrogen-bond acceptors (Lipinski definition) is 3. The summed E-state index contributed by atoms with van der Waals surface area (Å²) in [5.41, 5.74) is 0.486. The lowest BCUT2D eigenvalue weighted by Crippen LogP contribution is -2.19. The van der Waals surface area contributed by atoms with E-state index in [1.807, 2.05) is 0 Å². The van der Waals surface area contributed by atoms with Gasteiger partial charge in [-0.25, -0.2) is 4.39 Å². The molecule has 0 aliphatic heterocycles. The number of carbonyl (C=O) groups is 2. The average molecular weight is 257 g/mol. The third kappa shape index (κ3) is 4.86. The molecule has 4 nitrogen and oxygen atoms in total. The summed E-state index contributed by atoms with van der Waals surface area (Å²) in [5.74, 6) is -1.60. The largest absolute Gasteiger partial charge is 0.480 e. The van der Waals surface area contributed by atoms with Crippen LogP contribution >= 0.6 is 11.8 Å². The van der Waals surface area contributed by atoms with Crippen molar-refractivity contribution in [2.45, 2.75) is 12.2 Å². The minimum absolute atomic E-state index is 0.0465. The lowest BCUT2D eigenvalue weighted by Gasteiger charge is -2.07. The second-order valence-electron chi connectivity index (χ2n) is 3.35. The van der Waals surface area contributed by atoms with E-state index in [2.05, 4.69) is 5.32 Å². The molecule has 0 radical (unpaired) electrons. The molecule has 1 atom stereocenters. The first-order valence-electron chi connectivity index (χ1n) is 4.89. The van der Waals surface area contributed by atoms with Crippen LogP contribution in [-0.4, -0.2) is 28.0 Å². The molecule has 1 amide bonds. The molecule has 0 heterocycles. The lowest BCUT2D eigenvalue weighted by molar-refractivity contribution is -0.136. The van der Waals surface area contributed by atoms with Gasteiger partial charge < -0.3 is 10.4 Å². The molecule has 0 spiro atoms. The summed E-state index contributed by atoms with van der Waals surface area (Å²) in [5, 5.41) is 10.5. The van der Waals surface area contributed by atoms with Gasteiger partial charge in [0.1, 0.15) is 5.82 Å². The van der Waals surface area contributed by atoms with Crippen LogP contribution in [0.25, 0.3) is 0 Å². The molecule has 0 fully saturated rings. The average Bonchev–Trinajstić information content (AvgIpc) is 2.29. The highest BCUT2D eigenvalue weighted by molar-refractivity contribution is 8.01. The fourth-order valence-corrected chi connectivity index (χ4v) is 1.62. The maximum Gasteiger partial charge on any atom is 0.316 e. The number of carboxylic acids is 1. The Kier molecular flexibility index (Phi) is 4.96. The Morgan fingerprint density at radius 3 is 2.53 bits per heavy atom. The molecule has 1 rings (SSSR count). The number of thioether (sulfide) groups is 1. The van der Waals surface area contributed by atoms with Gasteiger partial charge in [-0.1, -0.05) is 0 Å². The fraction of sp³-hybridized carbons (Fsp3) is 0.273. The van der Waals surface area contributed by atoms with Crippen LogP contribution in [0.4, 0.5) is 10.1 Å². The number of aliphatic carboxylic acids is 1. The standard InChI is InChI=1S/C11H12FNO3S/c1-7(11(15)16)17-6-10(14)13-9-4-2-8(12)3-5-9/h2-5,7H,6H2,1H3,(H,13,14)(H,15,16)/t7-/m1/s1. The van der Waals surface area contributed by atoms with Crippen LogP contribution in [-0.2, 0) is 9.59 Å². The van der Waals surface area contributed by atoms with Gasteiger partial charge >= 0.3 is 5.97 Å². The molecular formula is C11H12FNO3S. The summed E-state index contributed by atoms with van der Waals surface area (Å²) in [6.45, 7) is 1.51. The van der Waals surface area contributed by atoms with E-state index >= 15 is 0 Å². The van der Waals surface area contributed by atoms with Crippen molar-refractivity contribution in [3.05, 3.63) is 30.1 Å². The van der Waals surface area contributed by atoms with E-state index in [-0.39, 0.29) is 17.5 Å². The van der Waals surface area contributed by atoms with Gasteiger partial charge in [0.15, 0.2) is 0 Å². The number of anilines is 1. The summed E-state index contributed by atoms with van der Waals surface area (Å²) >= 11 is 1.03. The molecule has 92 valence electrons. The zero-order valence-corrected chi connectivity index (χ0v) is 9.96. The normalized spacial score (nSPS) is 11.9. The number of rotatable bonds is 5. The predicted molar refractivity (Wildman–Crippen MR) is 64.6 cm³/mol. The van der Waals surface area contributed by atoms with E-state index in [9.17, 15) is 14.0 Å². The Labute approximate surface area is 102 Å². The van der Waals surface area contributed by atoms with Gasteiger partial charge in [0, 0.05) is 5.69 Å². The van der Waals surface area contributed by atoms with Gasteiger partial charge in [0.2, 0.25) is 5.91 Å². The Bertz CT molecular complexity index is 408. The molecule has 0 aliphatic rings. The Hall–Kier alpha value is -1.56. The van der Waals surface area contributed by atoms with Crippen LogP contribution in [0.15, 0.2) is 24.3 Å². The number of halogens is 1. The van der Waals surface area contributed by atoms with Crippen molar-refractivity contribution in [3.63, 3.8) is 0 Å². The van der Waals surface area contributed by atoms with Crippen molar-refractivity contribution in [1.82, 2.24) is 0 Å². The lowest BCUT2D eigenvalue weighted by atomic mass is 10.3. The molecule has 0 aliphatic carbocycles. The first-order chi connectivity index (χ1) is 7.99. The zero-order chi connectivity index (χ0) is 12.8. The summed E-state index contributed by atoms with van der Waals surface area (Å²) in [4.78, 5) is 21.9. The van der Waals surface area contributed by atoms with Gasteiger partial charge in [0.25, 0.3) is 0 Å². The maximum absolute atomic E-state index is 12.6. The number of carbonyl (C=O) groups excluding carboxylic acids is 1. The molecule has 0 saturated heterocycles. The molecular weight excluding hydrogens is 245 g/mol. The summed E-state index contributed by atoms with van der Waals surface area (Å²) in [6, 6.07) is 5.36. The fourth-order valence-electron chi connectivity index (χ4n) is 1.00. The Balaban J connectivity index is 2.39. The van der Waals surface area contributed by atoms with Gasteiger partial charge in [0.05, 0.1) is 11.0 Å². The second kappa shape index (κ2) is 6.24. The van der Waals surface area contributed by atoms with Crippen molar-refractivity contribution in [3.8, 4) is 0 Å². The molecule has 0 saturated carbocycles. The molecule has 17 heavy (non-hydrogen) atoms. The number of hydrogen-bond donors (Lipinski definition) is 2. The smallest absolute Gasteiger partial charge is 0.316 e.